The number of fused-ring (bicyclic) bond motifs is 3. The summed E-state index contributed by atoms with van der Waals surface area (Å²) in [5.74, 6) is 0.0630. The zero-order valence-corrected chi connectivity index (χ0v) is 18.6. The number of para-hydroxylation sites is 1. The summed E-state index contributed by atoms with van der Waals surface area (Å²) in [6, 6.07) is 15.4. The lowest BCUT2D eigenvalue weighted by molar-refractivity contribution is -0.119. The van der Waals surface area contributed by atoms with Crippen LogP contribution in [0.4, 0.5) is 0 Å². The molecule has 1 aliphatic heterocycles. The first-order valence-electron chi connectivity index (χ1n) is 10.7. The summed E-state index contributed by atoms with van der Waals surface area (Å²) in [7, 11) is 0. The van der Waals surface area contributed by atoms with Crippen LogP contribution in [0.3, 0.4) is 0 Å². The van der Waals surface area contributed by atoms with Crippen molar-refractivity contribution in [2.45, 2.75) is 31.0 Å². The summed E-state index contributed by atoms with van der Waals surface area (Å²) in [4.78, 5) is 34.0. The van der Waals surface area contributed by atoms with Gasteiger partial charge in [0.2, 0.25) is 5.91 Å². The maximum Gasteiger partial charge on any atom is 0.283 e. The Bertz CT molecular complexity index is 1340. The molecule has 0 spiro atoms. The molecule has 7 nitrogen and oxygen atoms in total. The van der Waals surface area contributed by atoms with Gasteiger partial charge >= 0.3 is 0 Å². The first kappa shape index (κ1) is 20.8. The van der Waals surface area contributed by atoms with Crippen LogP contribution in [-0.2, 0) is 9.53 Å². The number of ether oxygens (including phenoxy) is 1. The third kappa shape index (κ3) is 4.03. The second kappa shape index (κ2) is 8.80. The van der Waals surface area contributed by atoms with E-state index in [1.165, 1.54) is 11.8 Å². The number of rotatable bonds is 6. The van der Waals surface area contributed by atoms with Gasteiger partial charge in [0.1, 0.15) is 11.0 Å². The number of aromatic amines is 1. The molecule has 0 aliphatic carbocycles. The van der Waals surface area contributed by atoms with Crippen molar-refractivity contribution >= 4 is 39.6 Å². The predicted octanol–water partition coefficient (Wildman–Crippen LogP) is 3.56. The van der Waals surface area contributed by atoms with Crippen molar-refractivity contribution in [3.63, 3.8) is 0 Å². The molecule has 3 heterocycles. The van der Waals surface area contributed by atoms with Gasteiger partial charge in [-0.1, -0.05) is 47.7 Å². The second-order valence-electron chi connectivity index (χ2n) is 7.99. The lowest BCUT2D eigenvalue weighted by Gasteiger charge is -2.13. The normalized spacial score (nSPS) is 16.1. The summed E-state index contributed by atoms with van der Waals surface area (Å²) < 4.78 is 7.14. The van der Waals surface area contributed by atoms with Crippen LogP contribution in [0, 0.1) is 6.92 Å². The fourth-order valence-electron chi connectivity index (χ4n) is 3.97. The molecule has 2 aromatic heterocycles. The minimum absolute atomic E-state index is 0.0929. The molecule has 4 aromatic rings. The largest absolute Gasteiger partial charge is 0.376 e. The lowest BCUT2D eigenvalue weighted by atomic mass is 10.2. The molecule has 1 fully saturated rings. The van der Waals surface area contributed by atoms with Crippen molar-refractivity contribution < 1.29 is 9.53 Å². The third-order valence-electron chi connectivity index (χ3n) is 5.67. The minimum atomic E-state index is -0.183. The van der Waals surface area contributed by atoms with E-state index in [4.69, 9.17) is 9.72 Å². The van der Waals surface area contributed by atoms with Crippen molar-refractivity contribution in [1.82, 2.24) is 19.9 Å². The molecule has 2 aromatic carbocycles. The molecule has 0 unspecified atom stereocenters. The number of amides is 1. The summed E-state index contributed by atoms with van der Waals surface area (Å²) >= 11 is 1.26. The van der Waals surface area contributed by atoms with Crippen LogP contribution in [-0.4, -0.2) is 45.5 Å². The lowest BCUT2D eigenvalue weighted by Crippen LogP contribution is -2.33. The zero-order chi connectivity index (χ0) is 22.1. The number of carbonyl (C=O) groups is 1. The molecule has 5 rings (SSSR count). The van der Waals surface area contributed by atoms with Crippen molar-refractivity contribution in [1.29, 1.82) is 0 Å². The summed E-state index contributed by atoms with van der Waals surface area (Å²) in [6.07, 6.45) is 2.10. The average molecular weight is 449 g/mol. The number of aryl methyl sites for hydroxylation is 1. The summed E-state index contributed by atoms with van der Waals surface area (Å²) in [6.45, 7) is 3.27. The molecule has 32 heavy (non-hydrogen) atoms. The monoisotopic (exact) mass is 448 g/mol. The van der Waals surface area contributed by atoms with Crippen LogP contribution in [0.15, 0.2) is 58.5 Å². The number of hydrogen-bond donors (Lipinski definition) is 2. The van der Waals surface area contributed by atoms with Crippen molar-refractivity contribution in [3.8, 4) is 5.69 Å². The van der Waals surface area contributed by atoms with Gasteiger partial charge in [0.05, 0.1) is 17.5 Å². The highest BCUT2D eigenvalue weighted by Crippen LogP contribution is 2.26. The highest BCUT2D eigenvalue weighted by Gasteiger charge is 2.19. The van der Waals surface area contributed by atoms with Crippen LogP contribution in [0.2, 0.25) is 0 Å². The summed E-state index contributed by atoms with van der Waals surface area (Å²) in [5, 5.41) is 4.31. The SMILES string of the molecule is Cc1ccc(-n2c(SCC(=O)NC[C@@H]3CCCO3)nc3c([nH]c4ccccc43)c2=O)cc1. The van der Waals surface area contributed by atoms with E-state index in [1.54, 1.807) is 4.57 Å². The predicted molar refractivity (Wildman–Crippen MR) is 127 cm³/mol. The first-order chi connectivity index (χ1) is 15.6. The third-order valence-corrected chi connectivity index (χ3v) is 6.61. The number of carbonyl (C=O) groups excluding carboxylic acids is 1. The van der Waals surface area contributed by atoms with Gasteiger partial charge in [0, 0.05) is 24.1 Å². The smallest absolute Gasteiger partial charge is 0.283 e. The quantitative estimate of drug-likeness (QED) is 0.348. The Labute approximate surface area is 189 Å². The Kier molecular flexibility index (Phi) is 5.71. The second-order valence-corrected chi connectivity index (χ2v) is 8.93. The van der Waals surface area contributed by atoms with E-state index in [0.717, 1.165) is 41.6 Å². The number of nitrogens with one attached hydrogen (secondary N) is 2. The van der Waals surface area contributed by atoms with Crippen LogP contribution in [0.25, 0.3) is 27.6 Å². The van der Waals surface area contributed by atoms with Crippen molar-refractivity contribution in [2.24, 2.45) is 0 Å². The first-order valence-corrected chi connectivity index (χ1v) is 11.7. The van der Waals surface area contributed by atoms with Gasteiger partial charge in [0.15, 0.2) is 5.16 Å². The average Bonchev–Trinajstić information content (AvgIpc) is 3.45. The Morgan fingerprint density at radius 2 is 2.06 bits per heavy atom. The van der Waals surface area contributed by atoms with E-state index >= 15 is 0 Å². The molecule has 1 amide bonds. The molecular formula is C24H24N4O3S. The van der Waals surface area contributed by atoms with E-state index in [1.807, 2.05) is 55.5 Å². The molecular weight excluding hydrogens is 424 g/mol. The van der Waals surface area contributed by atoms with E-state index in [2.05, 4.69) is 10.3 Å². The van der Waals surface area contributed by atoms with E-state index in [9.17, 15) is 9.59 Å². The molecule has 0 bridgehead atoms. The van der Waals surface area contributed by atoms with E-state index in [0.29, 0.717) is 22.7 Å². The molecule has 0 saturated carbocycles. The molecule has 8 heteroatoms. The minimum Gasteiger partial charge on any atom is -0.376 e. The highest BCUT2D eigenvalue weighted by atomic mass is 32.2. The fourth-order valence-corrected chi connectivity index (χ4v) is 4.81. The van der Waals surface area contributed by atoms with Gasteiger partial charge in [-0.15, -0.1) is 0 Å². The molecule has 164 valence electrons. The maximum atomic E-state index is 13.5. The number of thioether (sulfide) groups is 1. The van der Waals surface area contributed by atoms with Gasteiger partial charge in [-0.3, -0.25) is 14.2 Å². The Morgan fingerprint density at radius 1 is 1.25 bits per heavy atom. The Hall–Kier alpha value is -3.10. The molecule has 2 N–H and O–H groups in total. The van der Waals surface area contributed by atoms with Gasteiger partial charge < -0.3 is 15.0 Å². The molecule has 0 radical (unpaired) electrons. The number of H-pyrrole nitrogens is 1. The maximum absolute atomic E-state index is 13.5. The summed E-state index contributed by atoms with van der Waals surface area (Å²) in [5.41, 5.74) is 3.58. The van der Waals surface area contributed by atoms with E-state index in [-0.39, 0.29) is 23.3 Å². The van der Waals surface area contributed by atoms with Crippen LogP contribution < -0.4 is 10.9 Å². The molecule has 1 saturated heterocycles. The van der Waals surface area contributed by atoms with Gasteiger partial charge in [-0.05, 0) is 38.0 Å². The van der Waals surface area contributed by atoms with Gasteiger partial charge in [0.25, 0.3) is 5.56 Å². The van der Waals surface area contributed by atoms with Crippen molar-refractivity contribution in [2.75, 3.05) is 18.9 Å². The Morgan fingerprint density at radius 3 is 2.84 bits per heavy atom. The van der Waals surface area contributed by atoms with Crippen LogP contribution in [0.5, 0.6) is 0 Å². The van der Waals surface area contributed by atoms with Gasteiger partial charge in [-0.2, -0.15) is 0 Å². The van der Waals surface area contributed by atoms with Crippen molar-refractivity contribution in [3.05, 3.63) is 64.4 Å². The van der Waals surface area contributed by atoms with Crippen LogP contribution in [0.1, 0.15) is 18.4 Å². The molecule has 1 aliphatic rings. The standard InChI is InChI=1S/C24H24N4O3S/c1-15-8-10-16(11-9-15)28-23(30)22-21(18-6-2-3-7-19(18)26-22)27-24(28)32-14-20(29)25-13-17-5-4-12-31-17/h2-3,6-11,17,26H,4-5,12-14H2,1H3,(H,25,29)/t17-/m0/s1. The van der Waals surface area contributed by atoms with E-state index < -0.39 is 0 Å². The number of benzene rings is 2. The highest BCUT2D eigenvalue weighted by molar-refractivity contribution is 7.99. The number of nitrogens with zero attached hydrogens (tertiary/aromatic N) is 2. The molecule has 1 atom stereocenters. The fraction of sp³-hybridized carbons (Fsp3) is 0.292. The number of aromatic nitrogens is 3. The zero-order valence-electron chi connectivity index (χ0n) is 17.8. The van der Waals surface area contributed by atoms with Crippen LogP contribution >= 0.6 is 11.8 Å². The number of hydrogen-bond acceptors (Lipinski definition) is 5. The Balaban J connectivity index is 1.50. The topological polar surface area (TPSA) is 89.0 Å². The van der Waals surface area contributed by atoms with Gasteiger partial charge in [-0.25, -0.2) is 4.98 Å².